The van der Waals surface area contributed by atoms with E-state index in [0.29, 0.717) is 36.7 Å². The molecule has 2 saturated heterocycles. The van der Waals surface area contributed by atoms with E-state index >= 15 is 0 Å². The van der Waals surface area contributed by atoms with Crippen LogP contribution in [0.4, 0.5) is 5.69 Å². The number of sulfonamides is 1. The number of rotatable bonds is 7. The van der Waals surface area contributed by atoms with Crippen LogP contribution in [-0.4, -0.2) is 51.2 Å². The number of likely N-dealkylation sites (tertiary alicyclic amines) is 1. The summed E-state index contributed by atoms with van der Waals surface area (Å²) in [4.78, 5) is 14.8. The second kappa shape index (κ2) is 9.94. The molecule has 172 valence electrons. The molecule has 2 aliphatic rings. The van der Waals surface area contributed by atoms with Gasteiger partial charge in [0.15, 0.2) is 0 Å². The Morgan fingerprint density at radius 2 is 1.69 bits per heavy atom. The number of carbonyl (C=O) groups excluding carboxylic acids is 1. The molecule has 32 heavy (non-hydrogen) atoms. The largest absolute Gasteiger partial charge is 0.494 e. The van der Waals surface area contributed by atoms with Crippen LogP contribution in [0, 0.1) is 5.92 Å². The summed E-state index contributed by atoms with van der Waals surface area (Å²) in [5.41, 5.74) is 2.59. The third-order valence-corrected chi connectivity index (χ3v) is 8.35. The zero-order valence-corrected chi connectivity index (χ0v) is 19.5. The number of piperidine rings is 1. The molecule has 7 heteroatoms. The average molecular weight is 457 g/mol. The fourth-order valence-corrected chi connectivity index (χ4v) is 6.16. The van der Waals surface area contributed by atoms with Gasteiger partial charge in [-0.15, -0.1) is 0 Å². The van der Waals surface area contributed by atoms with E-state index < -0.39 is 10.0 Å². The van der Waals surface area contributed by atoms with Gasteiger partial charge in [-0.1, -0.05) is 12.1 Å². The molecule has 0 aromatic heterocycles. The Kier molecular flexibility index (Phi) is 7.04. The Morgan fingerprint density at radius 1 is 1.00 bits per heavy atom. The van der Waals surface area contributed by atoms with Crippen molar-refractivity contribution in [3.05, 3.63) is 59.7 Å². The van der Waals surface area contributed by atoms with E-state index in [2.05, 4.69) is 12.1 Å². The number of hydrogen-bond acceptors (Lipinski definition) is 4. The van der Waals surface area contributed by atoms with E-state index in [0.717, 1.165) is 44.5 Å². The summed E-state index contributed by atoms with van der Waals surface area (Å²) in [6, 6.07) is 15.4. The van der Waals surface area contributed by atoms with Crippen molar-refractivity contribution in [3.63, 3.8) is 0 Å². The van der Waals surface area contributed by atoms with Crippen molar-refractivity contribution < 1.29 is 17.9 Å². The number of amides is 1. The lowest BCUT2D eigenvalue weighted by Gasteiger charge is -2.32. The molecule has 0 aliphatic carbocycles. The average Bonchev–Trinajstić information content (AvgIpc) is 3.18. The third-order valence-electron chi connectivity index (χ3n) is 6.48. The molecule has 2 aromatic carbocycles. The van der Waals surface area contributed by atoms with Gasteiger partial charge in [0, 0.05) is 25.2 Å². The van der Waals surface area contributed by atoms with E-state index in [-0.39, 0.29) is 11.7 Å². The van der Waals surface area contributed by atoms with E-state index in [1.165, 1.54) is 9.87 Å². The number of ether oxygens (including phenoxy) is 1. The molecule has 2 aliphatic heterocycles. The molecule has 0 bridgehead atoms. The first kappa shape index (κ1) is 22.6. The standard InChI is InChI=1S/C25H32N2O4S/c1-2-31-24-12-6-20(7-13-24)4-5-21-14-17-26(18-15-21)25(28)22-8-10-23(11-9-22)27-16-3-19-32(27,29)30/h6-13,21H,2-5,14-19H2,1H3. The van der Waals surface area contributed by atoms with Crippen molar-refractivity contribution in [2.45, 2.75) is 39.0 Å². The molecular formula is C25H32N2O4S. The van der Waals surface area contributed by atoms with E-state index in [9.17, 15) is 13.2 Å². The van der Waals surface area contributed by atoms with Gasteiger partial charge >= 0.3 is 0 Å². The molecule has 1 amide bonds. The first-order valence-electron chi connectivity index (χ1n) is 11.6. The highest BCUT2D eigenvalue weighted by atomic mass is 32.2. The van der Waals surface area contributed by atoms with Crippen LogP contribution in [0.15, 0.2) is 48.5 Å². The Hall–Kier alpha value is -2.54. The Balaban J connectivity index is 1.26. The lowest BCUT2D eigenvalue weighted by atomic mass is 9.90. The summed E-state index contributed by atoms with van der Waals surface area (Å²) < 4.78 is 31.1. The first-order valence-corrected chi connectivity index (χ1v) is 13.2. The van der Waals surface area contributed by atoms with Gasteiger partial charge in [-0.05, 0) is 86.9 Å². The van der Waals surface area contributed by atoms with E-state index in [1.54, 1.807) is 24.3 Å². The minimum absolute atomic E-state index is 0.0331. The van der Waals surface area contributed by atoms with Crippen molar-refractivity contribution in [3.8, 4) is 5.75 Å². The highest BCUT2D eigenvalue weighted by molar-refractivity contribution is 7.93. The molecule has 2 aromatic rings. The van der Waals surface area contributed by atoms with Crippen LogP contribution in [0.25, 0.3) is 0 Å². The Labute approximate surface area is 191 Å². The van der Waals surface area contributed by atoms with Gasteiger partial charge < -0.3 is 9.64 Å². The van der Waals surface area contributed by atoms with Crippen LogP contribution in [-0.2, 0) is 16.4 Å². The monoisotopic (exact) mass is 456 g/mol. The maximum Gasteiger partial charge on any atom is 0.253 e. The van der Waals surface area contributed by atoms with Crippen molar-refractivity contribution >= 4 is 21.6 Å². The molecule has 4 rings (SSSR count). The fraction of sp³-hybridized carbons (Fsp3) is 0.480. The number of benzene rings is 2. The zero-order valence-electron chi connectivity index (χ0n) is 18.7. The van der Waals surface area contributed by atoms with Gasteiger partial charge in [-0.3, -0.25) is 9.10 Å². The highest BCUT2D eigenvalue weighted by Gasteiger charge is 2.29. The van der Waals surface area contributed by atoms with Crippen LogP contribution in [0.2, 0.25) is 0 Å². The molecular weight excluding hydrogens is 424 g/mol. The van der Waals surface area contributed by atoms with E-state index in [1.807, 2.05) is 24.0 Å². The number of nitrogens with zero attached hydrogens (tertiary/aromatic N) is 2. The van der Waals surface area contributed by atoms with Crippen molar-refractivity contribution in [1.82, 2.24) is 4.90 Å². The lowest BCUT2D eigenvalue weighted by molar-refractivity contribution is 0.0687. The zero-order chi connectivity index (χ0) is 22.6. The Morgan fingerprint density at radius 3 is 2.28 bits per heavy atom. The summed E-state index contributed by atoms with van der Waals surface area (Å²) in [6.07, 6.45) is 4.87. The summed E-state index contributed by atoms with van der Waals surface area (Å²) in [5, 5.41) is 0. The quantitative estimate of drug-likeness (QED) is 0.629. The van der Waals surface area contributed by atoms with Crippen LogP contribution in [0.5, 0.6) is 5.75 Å². The second-order valence-electron chi connectivity index (χ2n) is 8.64. The predicted octanol–water partition coefficient (Wildman–Crippen LogP) is 4.11. The molecule has 0 spiro atoms. The smallest absolute Gasteiger partial charge is 0.253 e. The summed E-state index contributed by atoms with van der Waals surface area (Å²) in [6.45, 7) is 4.73. The molecule has 0 unspecified atom stereocenters. The van der Waals surface area contributed by atoms with Crippen LogP contribution < -0.4 is 9.04 Å². The highest BCUT2D eigenvalue weighted by Crippen LogP contribution is 2.27. The van der Waals surface area contributed by atoms with Gasteiger partial charge in [0.2, 0.25) is 10.0 Å². The minimum Gasteiger partial charge on any atom is -0.494 e. The number of hydrogen-bond donors (Lipinski definition) is 0. The predicted molar refractivity (Wildman–Crippen MR) is 127 cm³/mol. The van der Waals surface area contributed by atoms with Crippen molar-refractivity contribution in [2.75, 3.05) is 36.3 Å². The summed E-state index contributed by atoms with van der Waals surface area (Å²) in [7, 11) is -3.20. The molecule has 0 saturated carbocycles. The molecule has 0 N–H and O–H groups in total. The summed E-state index contributed by atoms with van der Waals surface area (Å²) in [5.74, 6) is 1.78. The lowest BCUT2D eigenvalue weighted by Crippen LogP contribution is -2.38. The van der Waals surface area contributed by atoms with Crippen LogP contribution in [0.3, 0.4) is 0 Å². The summed E-state index contributed by atoms with van der Waals surface area (Å²) >= 11 is 0. The van der Waals surface area contributed by atoms with E-state index in [4.69, 9.17) is 4.74 Å². The van der Waals surface area contributed by atoms with Crippen LogP contribution >= 0.6 is 0 Å². The second-order valence-corrected chi connectivity index (χ2v) is 10.7. The van der Waals surface area contributed by atoms with Crippen molar-refractivity contribution in [1.29, 1.82) is 0 Å². The number of anilines is 1. The normalized spacial score (nSPS) is 18.7. The Bertz CT molecular complexity index is 1010. The molecule has 2 fully saturated rings. The third kappa shape index (κ3) is 5.26. The van der Waals surface area contributed by atoms with Gasteiger partial charge in [0.1, 0.15) is 5.75 Å². The topological polar surface area (TPSA) is 66.9 Å². The molecule has 0 atom stereocenters. The van der Waals surface area contributed by atoms with Gasteiger partial charge in [-0.2, -0.15) is 0 Å². The van der Waals surface area contributed by atoms with Gasteiger partial charge in [0.25, 0.3) is 5.91 Å². The number of carbonyl (C=O) groups is 1. The maximum absolute atomic E-state index is 12.9. The maximum atomic E-state index is 12.9. The minimum atomic E-state index is -3.20. The molecule has 2 heterocycles. The number of aryl methyl sites for hydroxylation is 1. The van der Waals surface area contributed by atoms with Crippen LogP contribution in [0.1, 0.15) is 48.5 Å². The fourth-order valence-electron chi connectivity index (χ4n) is 4.60. The first-order chi connectivity index (χ1) is 15.5. The van der Waals surface area contributed by atoms with Gasteiger partial charge in [-0.25, -0.2) is 8.42 Å². The molecule has 0 radical (unpaired) electrons. The SMILES string of the molecule is CCOc1ccc(CCC2CCN(C(=O)c3ccc(N4CCCS4(=O)=O)cc3)CC2)cc1. The molecule has 6 nitrogen and oxygen atoms in total. The van der Waals surface area contributed by atoms with Crippen molar-refractivity contribution in [2.24, 2.45) is 5.92 Å². The van der Waals surface area contributed by atoms with Gasteiger partial charge in [0.05, 0.1) is 18.0 Å².